The molecule has 6 nitrogen and oxygen atoms in total. The lowest BCUT2D eigenvalue weighted by Gasteiger charge is -2.16. The number of aromatic amines is 1. The van der Waals surface area contributed by atoms with Crippen molar-refractivity contribution in [3.05, 3.63) is 18.0 Å². The highest BCUT2D eigenvalue weighted by molar-refractivity contribution is 6.04. The Kier molecular flexibility index (Phi) is 3.53. The van der Waals surface area contributed by atoms with Gasteiger partial charge in [0.25, 0.3) is 5.91 Å². The maximum absolute atomic E-state index is 12.2. The zero-order valence-corrected chi connectivity index (χ0v) is 12.7. The number of fused-ring (bicyclic) bond motifs is 1. The molecule has 112 valence electrons. The molecular weight excluding hydrogens is 266 g/mol. The number of aromatic nitrogens is 3. The van der Waals surface area contributed by atoms with Gasteiger partial charge in [0.15, 0.2) is 5.65 Å². The molecule has 0 radical (unpaired) electrons. The second kappa shape index (κ2) is 5.35. The van der Waals surface area contributed by atoms with Crippen molar-refractivity contribution in [3.8, 4) is 0 Å². The average Bonchev–Trinajstić information content (AvgIpc) is 3.03. The highest BCUT2D eigenvalue weighted by Crippen LogP contribution is 2.23. The summed E-state index contributed by atoms with van der Waals surface area (Å²) >= 11 is 0. The van der Waals surface area contributed by atoms with Gasteiger partial charge in [0.1, 0.15) is 11.3 Å². The first-order valence-corrected chi connectivity index (χ1v) is 7.44. The predicted octanol–water partition coefficient (Wildman–Crippen LogP) is 1.94. The molecule has 1 amide bonds. The monoisotopic (exact) mass is 287 g/mol. The van der Waals surface area contributed by atoms with Crippen molar-refractivity contribution < 1.29 is 4.79 Å². The fraction of sp³-hybridized carbons (Fsp3) is 0.533. The van der Waals surface area contributed by atoms with E-state index in [2.05, 4.69) is 32.1 Å². The van der Waals surface area contributed by atoms with Gasteiger partial charge in [0.05, 0.1) is 11.8 Å². The summed E-state index contributed by atoms with van der Waals surface area (Å²) in [5, 5.41) is 2.89. The van der Waals surface area contributed by atoms with Gasteiger partial charge in [-0.15, -0.1) is 0 Å². The Morgan fingerprint density at radius 1 is 1.52 bits per heavy atom. The molecule has 1 fully saturated rings. The van der Waals surface area contributed by atoms with Crippen molar-refractivity contribution in [2.75, 3.05) is 18.0 Å². The number of hydrogen-bond donors (Lipinski definition) is 2. The van der Waals surface area contributed by atoms with Crippen LogP contribution >= 0.6 is 0 Å². The maximum atomic E-state index is 12.2. The van der Waals surface area contributed by atoms with Crippen LogP contribution in [0.3, 0.4) is 0 Å². The van der Waals surface area contributed by atoms with Crippen molar-refractivity contribution >= 4 is 22.9 Å². The number of rotatable bonds is 3. The van der Waals surface area contributed by atoms with Crippen LogP contribution in [0.25, 0.3) is 11.2 Å². The lowest BCUT2D eigenvalue weighted by atomic mass is 10.2. The quantitative estimate of drug-likeness (QED) is 0.905. The van der Waals surface area contributed by atoms with Gasteiger partial charge in [0, 0.05) is 25.3 Å². The first-order valence-electron chi connectivity index (χ1n) is 7.44. The molecule has 0 bridgehead atoms. The molecule has 2 aromatic heterocycles. The molecular formula is C15H21N5O. The largest absolute Gasteiger partial charge is 0.355 e. The van der Waals surface area contributed by atoms with Crippen molar-refractivity contribution in [2.24, 2.45) is 5.92 Å². The first-order chi connectivity index (χ1) is 10.0. The van der Waals surface area contributed by atoms with Crippen LogP contribution in [0.15, 0.2) is 12.4 Å². The molecule has 2 aromatic rings. The predicted molar refractivity (Wildman–Crippen MR) is 82.5 cm³/mol. The molecule has 1 atom stereocenters. The minimum Gasteiger partial charge on any atom is -0.355 e. The van der Waals surface area contributed by atoms with Crippen LogP contribution in [-0.4, -0.2) is 40.0 Å². The van der Waals surface area contributed by atoms with E-state index >= 15 is 0 Å². The van der Waals surface area contributed by atoms with Crippen molar-refractivity contribution in [1.82, 2.24) is 20.3 Å². The van der Waals surface area contributed by atoms with Crippen molar-refractivity contribution in [1.29, 1.82) is 0 Å². The number of carbonyl (C=O) groups excluding carboxylic acids is 1. The van der Waals surface area contributed by atoms with Crippen LogP contribution in [0.1, 0.15) is 37.6 Å². The summed E-state index contributed by atoms with van der Waals surface area (Å²) in [4.78, 5) is 26.5. The van der Waals surface area contributed by atoms with E-state index in [0.29, 0.717) is 22.6 Å². The lowest BCUT2D eigenvalue weighted by molar-refractivity contribution is 0.0944. The first kappa shape index (κ1) is 13.9. The SMILES string of the molecule is CC1CCN(c2cnc3[nH]cc(C(=O)NC(C)C)c3n2)C1. The normalized spacial score (nSPS) is 18.7. The maximum Gasteiger partial charge on any atom is 0.255 e. The van der Waals surface area contributed by atoms with Gasteiger partial charge in [-0.25, -0.2) is 9.97 Å². The number of H-pyrrole nitrogens is 1. The summed E-state index contributed by atoms with van der Waals surface area (Å²) in [7, 11) is 0. The molecule has 6 heteroatoms. The van der Waals surface area contributed by atoms with Gasteiger partial charge in [-0.2, -0.15) is 0 Å². The molecule has 21 heavy (non-hydrogen) atoms. The van der Waals surface area contributed by atoms with E-state index in [-0.39, 0.29) is 11.9 Å². The Balaban J connectivity index is 1.94. The van der Waals surface area contributed by atoms with E-state index in [0.717, 1.165) is 18.9 Å². The van der Waals surface area contributed by atoms with Crippen molar-refractivity contribution in [2.45, 2.75) is 33.2 Å². The number of anilines is 1. The summed E-state index contributed by atoms with van der Waals surface area (Å²) < 4.78 is 0. The molecule has 3 heterocycles. The fourth-order valence-corrected chi connectivity index (χ4v) is 2.69. The molecule has 0 saturated carbocycles. The number of nitrogens with one attached hydrogen (secondary N) is 2. The van der Waals surface area contributed by atoms with Crippen LogP contribution in [0, 0.1) is 5.92 Å². The Morgan fingerprint density at radius 2 is 2.33 bits per heavy atom. The molecule has 1 unspecified atom stereocenters. The highest BCUT2D eigenvalue weighted by atomic mass is 16.1. The van der Waals surface area contributed by atoms with Crippen LogP contribution in [0.5, 0.6) is 0 Å². The highest BCUT2D eigenvalue weighted by Gasteiger charge is 2.22. The van der Waals surface area contributed by atoms with Crippen LogP contribution in [0.4, 0.5) is 5.82 Å². The van der Waals surface area contributed by atoms with E-state index in [9.17, 15) is 4.79 Å². The third-order valence-corrected chi connectivity index (χ3v) is 3.78. The fourth-order valence-electron chi connectivity index (χ4n) is 2.69. The molecule has 3 rings (SSSR count). The van der Waals surface area contributed by atoms with Crippen LogP contribution < -0.4 is 10.2 Å². The minimum atomic E-state index is -0.113. The van der Waals surface area contributed by atoms with E-state index in [1.165, 1.54) is 6.42 Å². The van der Waals surface area contributed by atoms with Gasteiger partial charge in [-0.3, -0.25) is 4.79 Å². The third kappa shape index (κ3) is 2.70. The Morgan fingerprint density at radius 3 is 3.00 bits per heavy atom. The second-order valence-electron chi connectivity index (χ2n) is 6.10. The molecule has 1 saturated heterocycles. The summed E-state index contributed by atoms with van der Waals surface area (Å²) in [6.45, 7) is 8.12. The Hall–Kier alpha value is -2.11. The second-order valence-corrected chi connectivity index (χ2v) is 6.10. The molecule has 0 spiro atoms. The van der Waals surface area contributed by atoms with E-state index < -0.39 is 0 Å². The van der Waals surface area contributed by atoms with E-state index in [4.69, 9.17) is 0 Å². The van der Waals surface area contributed by atoms with Crippen LogP contribution in [-0.2, 0) is 0 Å². The summed E-state index contributed by atoms with van der Waals surface area (Å²) in [6, 6.07) is 0.0954. The molecule has 1 aliphatic rings. The standard InChI is InChI=1S/C15H21N5O/c1-9(2)18-15(21)11-6-16-14-13(11)19-12(7-17-14)20-5-4-10(3)8-20/h6-7,9-10H,4-5,8H2,1-3H3,(H,16,17)(H,18,21). The number of carbonyl (C=O) groups is 1. The number of amides is 1. The Labute approximate surface area is 124 Å². The van der Waals surface area contributed by atoms with Gasteiger partial charge >= 0.3 is 0 Å². The average molecular weight is 287 g/mol. The summed E-state index contributed by atoms with van der Waals surface area (Å²) in [5.41, 5.74) is 1.85. The minimum absolute atomic E-state index is 0.0954. The van der Waals surface area contributed by atoms with Gasteiger partial charge in [-0.05, 0) is 26.2 Å². The summed E-state index contributed by atoms with van der Waals surface area (Å²) in [5.74, 6) is 1.42. The van der Waals surface area contributed by atoms with E-state index in [1.807, 2.05) is 13.8 Å². The number of hydrogen-bond acceptors (Lipinski definition) is 4. The molecule has 0 aromatic carbocycles. The lowest BCUT2D eigenvalue weighted by Crippen LogP contribution is -2.30. The third-order valence-electron chi connectivity index (χ3n) is 3.78. The van der Waals surface area contributed by atoms with Crippen LogP contribution in [0.2, 0.25) is 0 Å². The molecule has 2 N–H and O–H groups in total. The zero-order chi connectivity index (χ0) is 15.0. The van der Waals surface area contributed by atoms with Gasteiger partial charge < -0.3 is 15.2 Å². The van der Waals surface area contributed by atoms with E-state index in [1.54, 1.807) is 12.4 Å². The topological polar surface area (TPSA) is 73.9 Å². The van der Waals surface area contributed by atoms with Gasteiger partial charge in [0.2, 0.25) is 0 Å². The molecule has 0 aliphatic carbocycles. The molecule has 1 aliphatic heterocycles. The van der Waals surface area contributed by atoms with Crippen molar-refractivity contribution in [3.63, 3.8) is 0 Å². The van der Waals surface area contributed by atoms with Gasteiger partial charge in [-0.1, -0.05) is 6.92 Å². The smallest absolute Gasteiger partial charge is 0.255 e. The Bertz CT molecular complexity index is 663. The zero-order valence-electron chi connectivity index (χ0n) is 12.7. The summed E-state index contributed by atoms with van der Waals surface area (Å²) in [6.07, 6.45) is 4.63. The number of nitrogens with zero attached hydrogens (tertiary/aromatic N) is 3.